The molecule has 0 aliphatic heterocycles. The molecule has 1 aromatic heterocycles. The molecule has 5 nitrogen and oxygen atoms in total. The van der Waals surface area contributed by atoms with E-state index < -0.39 is 10.0 Å². The van der Waals surface area contributed by atoms with E-state index in [0.29, 0.717) is 24.5 Å². The van der Waals surface area contributed by atoms with E-state index in [1.165, 1.54) is 6.20 Å². The number of aromatic nitrogens is 1. The minimum absolute atomic E-state index is 0.0911. The SMILES string of the molecule is O=S(=O)(CCCCCl)NCc1ccno1. The summed E-state index contributed by atoms with van der Waals surface area (Å²) < 4.78 is 29.9. The number of alkyl halides is 1. The van der Waals surface area contributed by atoms with Crippen LogP contribution < -0.4 is 4.72 Å². The number of rotatable bonds is 7. The third-order valence-electron chi connectivity index (χ3n) is 1.75. The first-order chi connectivity index (χ1) is 7.14. The van der Waals surface area contributed by atoms with Gasteiger partial charge in [0, 0.05) is 11.9 Å². The van der Waals surface area contributed by atoms with E-state index in [0.717, 1.165) is 0 Å². The quantitative estimate of drug-likeness (QED) is 0.583. The third-order valence-corrected chi connectivity index (χ3v) is 3.43. The smallest absolute Gasteiger partial charge is 0.212 e. The number of nitrogens with zero attached hydrogens (tertiary/aromatic N) is 1. The Hall–Kier alpha value is -0.590. The summed E-state index contributed by atoms with van der Waals surface area (Å²) in [5.41, 5.74) is 0. The average molecular weight is 253 g/mol. The maximum Gasteiger partial charge on any atom is 0.212 e. The fraction of sp³-hybridized carbons (Fsp3) is 0.625. The van der Waals surface area contributed by atoms with Gasteiger partial charge >= 0.3 is 0 Å². The number of unbranched alkanes of at least 4 members (excludes halogenated alkanes) is 1. The molecule has 1 N–H and O–H groups in total. The minimum atomic E-state index is -3.23. The number of halogens is 1. The lowest BCUT2D eigenvalue weighted by atomic mass is 10.4. The number of hydrogen-bond donors (Lipinski definition) is 1. The second-order valence-corrected chi connectivity index (χ2v) is 5.32. The van der Waals surface area contributed by atoms with Crippen molar-refractivity contribution >= 4 is 21.6 Å². The van der Waals surface area contributed by atoms with E-state index in [1.807, 2.05) is 0 Å². The van der Waals surface area contributed by atoms with Gasteiger partial charge < -0.3 is 4.52 Å². The van der Waals surface area contributed by atoms with Gasteiger partial charge in [-0.05, 0) is 12.8 Å². The molecular weight excluding hydrogens is 240 g/mol. The summed E-state index contributed by atoms with van der Waals surface area (Å²) in [7, 11) is -3.23. The predicted molar refractivity (Wildman–Crippen MR) is 57.1 cm³/mol. The van der Waals surface area contributed by atoms with Gasteiger partial charge in [0.1, 0.15) is 0 Å². The lowest BCUT2D eigenvalue weighted by molar-refractivity contribution is 0.380. The summed E-state index contributed by atoms with van der Waals surface area (Å²) in [5.74, 6) is 1.07. The molecule has 0 saturated heterocycles. The second-order valence-electron chi connectivity index (χ2n) is 3.01. The van der Waals surface area contributed by atoms with Crippen molar-refractivity contribution in [1.29, 1.82) is 0 Å². The van der Waals surface area contributed by atoms with Crippen LogP contribution in [0.4, 0.5) is 0 Å². The van der Waals surface area contributed by atoms with Crippen molar-refractivity contribution in [3.05, 3.63) is 18.0 Å². The highest BCUT2D eigenvalue weighted by molar-refractivity contribution is 7.89. The predicted octanol–water partition coefficient (Wildman–Crippen LogP) is 1.11. The fourth-order valence-electron chi connectivity index (χ4n) is 0.973. The molecular formula is C8H13ClN2O3S. The first-order valence-electron chi connectivity index (χ1n) is 4.57. The highest BCUT2D eigenvalue weighted by atomic mass is 35.5. The summed E-state index contributed by atoms with van der Waals surface area (Å²) >= 11 is 5.45. The van der Waals surface area contributed by atoms with Crippen LogP contribution in [-0.4, -0.2) is 25.2 Å². The molecule has 1 heterocycles. The van der Waals surface area contributed by atoms with Crippen LogP contribution in [0.5, 0.6) is 0 Å². The van der Waals surface area contributed by atoms with Crippen molar-refractivity contribution in [2.45, 2.75) is 19.4 Å². The highest BCUT2D eigenvalue weighted by Gasteiger charge is 2.10. The van der Waals surface area contributed by atoms with Crippen LogP contribution in [0, 0.1) is 0 Å². The minimum Gasteiger partial charge on any atom is -0.360 e. The molecule has 15 heavy (non-hydrogen) atoms. The van der Waals surface area contributed by atoms with Gasteiger partial charge in [0.05, 0.1) is 18.5 Å². The first-order valence-corrected chi connectivity index (χ1v) is 6.75. The van der Waals surface area contributed by atoms with Crippen molar-refractivity contribution in [2.24, 2.45) is 0 Å². The average Bonchev–Trinajstić information content (AvgIpc) is 2.68. The topological polar surface area (TPSA) is 72.2 Å². The van der Waals surface area contributed by atoms with Crippen LogP contribution in [0.2, 0.25) is 0 Å². The van der Waals surface area contributed by atoms with Gasteiger partial charge in [-0.2, -0.15) is 0 Å². The molecule has 0 aliphatic carbocycles. The van der Waals surface area contributed by atoms with Gasteiger partial charge in [-0.25, -0.2) is 13.1 Å². The molecule has 0 atom stereocenters. The van der Waals surface area contributed by atoms with Gasteiger partial charge in [0.2, 0.25) is 10.0 Å². The van der Waals surface area contributed by atoms with Crippen LogP contribution in [-0.2, 0) is 16.6 Å². The summed E-state index contributed by atoms with van der Waals surface area (Å²) in [6.45, 7) is 0.142. The summed E-state index contributed by atoms with van der Waals surface area (Å²) in [5, 5.41) is 3.47. The van der Waals surface area contributed by atoms with Crippen molar-refractivity contribution in [1.82, 2.24) is 9.88 Å². The van der Waals surface area contributed by atoms with Gasteiger partial charge in [-0.15, -0.1) is 11.6 Å². The number of sulfonamides is 1. The summed E-state index contributed by atoms with van der Waals surface area (Å²) in [6.07, 6.45) is 2.73. The Bertz CT molecular complexity index is 363. The molecule has 86 valence electrons. The Labute approximate surface area is 93.8 Å². The molecule has 0 amide bonds. The molecule has 7 heteroatoms. The normalized spacial score (nSPS) is 11.8. The molecule has 0 bridgehead atoms. The van der Waals surface area contributed by atoms with E-state index in [4.69, 9.17) is 16.1 Å². The van der Waals surface area contributed by atoms with E-state index >= 15 is 0 Å². The molecule has 0 radical (unpaired) electrons. The zero-order chi connectivity index (χ0) is 11.1. The Kier molecular flexibility index (Phi) is 5.07. The molecule has 0 unspecified atom stereocenters. The summed E-state index contributed by atoms with van der Waals surface area (Å²) in [4.78, 5) is 0. The van der Waals surface area contributed by atoms with Gasteiger partial charge in [0.15, 0.2) is 5.76 Å². The van der Waals surface area contributed by atoms with E-state index in [9.17, 15) is 8.42 Å². The van der Waals surface area contributed by atoms with Crippen LogP contribution in [0.25, 0.3) is 0 Å². The van der Waals surface area contributed by atoms with Crippen molar-refractivity contribution in [3.63, 3.8) is 0 Å². The summed E-state index contributed by atoms with van der Waals surface area (Å²) in [6, 6.07) is 1.61. The van der Waals surface area contributed by atoms with Crippen molar-refractivity contribution in [3.8, 4) is 0 Å². The van der Waals surface area contributed by atoms with Crippen molar-refractivity contribution < 1.29 is 12.9 Å². The van der Waals surface area contributed by atoms with Crippen molar-refractivity contribution in [2.75, 3.05) is 11.6 Å². The molecule has 0 saturated carbocycles. The van der Waals surface area contributed by atoms with Gasteiger partial charge in [0.25, 0.3) is 0 Å². The third kappa shape index (κ3) is 5.15. The Morgan fingerprint density at radius 1 is 1.47 bits per heavy atom. The van der Waals surface area contributed by atoms with E-state index in [1.54, 1.807) is 6.07 Å². The maximum atomic E-state index is 11.4. The van der Waals surface area contributed by atoms with Crippen LogP contribution in [0.15, 0.2) is 16.8 Å². The fourth-order valence-corrected chi connectivity index (χ4v) is 2.25. The van der Waals surface area contributed by atoms with Crippen LogP contribution in [0.1, 0.15) is 18.6 Å². The molecule has 0 spiro atoms. The molecule has 0 aliphatic rings. The van der Waals surface area contributed by atoms with Crippen LogP contribution >= 0.6 is 11.6 Å². The lowest BCUT2D eigenvalue weighted by Gasteiger charge is -2.03. The lowest BCUT2D eigenvalue weighted by Crippen LogP contribution is -2.25. The largest absolute Gasteiger partial charge is 0.360 e. The van der Waals surface area contributed by atoms with Gasteiger partial charge in [-0.3, -0.25) is 0 Å². The highest BCUT2D eigenvalue weighted by Crippen LogP contribution is 2.00. The first kappa shape index (κ1) is 12.5. The maximum absolute atomic E-state index is 11.4. The van der Waals surface area contributed by atoms with Gasteiger partial charge in [-0.1, -0.05) is 5.16 Å². The molecule has 1 aromatic rings. The number of nitrogens with one attached hydrogen (secondary N) is 1. The zero-order valence-corrected chi connectivity index (χ0v) is 9.72. The van der Waals surface area contributed by atoms with E-state index in [-0.39, 0.29) is 12.3 Å². The standard InChI is InChI=1S/C8H13ClN2O3S/c9-4-1-2-6-15(12,13)11-7-8-3-5-10-14-8/h3,5,11H,1-2,4,6-7H2. The Morgan fingerprint density at radius 3 is 2.87 bits per heavy atom. The molecule has 1 rings (SSSR count). The monoisotopic (exact) mass is 252 g/mol. The Balaban J connectivity index is 2.30. The van der Waals surface area contributed by atoms with Crippen LogP contribution in [0.3, 0.4) is 0 Å². The molecule has 0 aromatic carbocycles. The number of hydrogen-bond acceptors (Lipinski definition) is 4. The second kappa shape index (κ2) is 6.09. The molecule has 0 fully saturated rings. The Morgan fingerprint density at radius 2 is 2.27 bits per heavy atom. The van der Waals surface area contributed by atoms with E-state index in [2.05, 4.69) is 9.88 Å². The zero-order valence-electron chi connectivity index (χ0n) is 8.15.